The van der Waals surface area contributed by atoms with Crippen molar-refractivity contribution in [2.24, 2.45) is 5.92 Å². The van der Waals surface area contributed by atoms with E-state index in [4.69, 9.17) is 5.11 Å². The van der Waals surface area contributed by atoms with Crippen LogP contribution in [0, 0.1) is 16.0 Å². The summed E-state index contributed by atoms with van der Waals surface area (Å²) in [5.41, 5.74) is 1.05. The van der Waals surface area contributed by atoms with Crippen LogP contribution in [0.4, 0.5) is 5.69 Å². The Morgan fingerprint density at radius 3 is 3.00 bits per heavy atom. The van der Waals surface area contributed by atoms with Crippen molar-refractivity contribution < 1.29 is 14.8 Å². The SMILES string of the molecule is CC(c1cccc([N+](=O)[O-])c1)N1CCCC(CCC(=O)O)C1. The minimum absolute atomic E-state index is 0.104. The first-order valence-electron chi connectivity index (χ1n) is 7.67. The molecule has 1 N–H and O–H groups in total. The number of nitrogens with zero attached hydrogens (tertiary/aromatic N) is 2. The van der Waals surface area contributed by atoms with Gasteiger partial charge >= 0.3 is 5.97 Å². The van der Waals surface area contributed by atoms with Crippen molar-refractivity contribution in [3.8, 4) is 0 Å². The van der Waals surface area contributed by atoms with Gasteiger partial charge in [-0.05, 0) is 44.2 Å². The lowest BCUT2D eigenvalue weighted by Gasteiger charge is -2.37. The van der Waals surface area contributed by atoms with Crippen LogP contribution in [-0.4, -0.2) is 34.0 Å². The number of likely N-dealkylation sites (tertiary alicyclic amines) is 1. The molecule has 1 aromatic carbocycles. The number of rotatable bonds is 6. The first kappa shape index (κ1) is 16.4. The molecular formula is C16H22N2O4. The van der Waals surface area contributed by atoms with Crippen molar-refractivity contribution in [3.63, 3.8) is 0 Å². The van der Waals surface area contributed by atoms with Gasteiger partial charge in [0, 0.05) is 31.1 Å². The number of nitro groups is 1. The van der Waals surface area contributed by atoms with E-state index in [9.17, 15) is 14.9 Å². The van der Waals surface area contributed by atoms with Crippen LogP contribution in [0.3, 0.4) is 0 Å². The Morgan fingerprint density at radius 1 is 1.55 bits per heavy atom. The third kappa shape index (κ3) is 4.27. The van der Waals surface area contributed by atoms with E-state index in [2.05, 4.69) is 11.8 Å². The van der Waals surface area contributed by atoms with E-state index >= 15 is 0 Å². The van der Waals surface area contributed by atoms with Crippen molar-refractivity contribution in [3.05, 3.63) is 39.9 Å². The van der Waals surface area contributed by atoms with Crippen LogP contribution < -0.4 is 0 Å². The number of carbonyl (C=O) groups is 1. The zero-order valence-corrected chi connectivity index (χ0v) is 12.8. The lowest BCUT2D eigenvalue weighted by Crippen LogP contribution is -2.37. The average molecular weight is 306 g/mol. The quantitative estimate of drug-likeness (QED) is 0.644. The molecule has 0 radical (unpaired) electrons. The van der Waals surface area contributed by atoms with Gasteiger partial charge in [0.05, 0.1) is 4.92 Å². The van der Waals surface area contributed by atoms with Crippen LogP contribution in [0.1, 0.15) is 44.2 Å². The molecule has 2 atom stereocenters. The standard InChI is InChI=1S/C16H22N2O4/c1-12(14-5-2-6-15(10-14)18(21)22)17-9-3-4-13(11-17)7-8-16(19)20/h2,5-6,10,12-13H,3-4,7-9,11H2,1H3,(H,19,20). The lowest BCUT2D eigenvalue weighted by molar-refractivity contribution is -0.385. The third-order valence-corrected chi connectivity index (χ3v) is 4.43. The highest BCUT2D eigenvalue weighted by molar-refractivity contribution is 5.66. The van der Waals surface area contributed by atoms with Gasteiger partial charge < -0.3 is 5.11 Å². The van der Waals surface area contributed by atoms with Crippen molar-refractivity contribution in [2.75, 3.05) is 13.1 Å². The summed E-state index contributed by atoms with van der Waals surface area (Å²) < 4.78 is 0. The minimum atomic E-state index is -0.746. The molecule has 2 rings (SSSR count). The fourth-order valence-electron chi connectivity index (χ4n) is 3.12. The smallest absolute Gasteiger partial charge is 0.303 e. The second kappa shape index (κ2) is 7.35. The third-order valence-electron chi connectivity index (χ3n) is 4.43. The number of non-ortho nitro benzene ring substituents is 1. The number of piperidine rings is 1. The first-order chi connectivity index (χ1) is 10.5. The number of hydrogen-bond donors (Lipinski definition) is 1. The summed E-state index contributed by atoms with van der Waals surface area (Å²) in [6.07, 6.45) is 3.02. The number of carboxylic acids is 1. The summed E-state index contributed by atoms with van der Waals surface area (Å²) in [4.78, 5) is 23.5. The summed E-state index contributed by atoms with van der Waals surface area (Å²) in [7, 11) is 0. The number of carboxylic acid groups (broad SMARTS) is 1. The second-order valence-corrected chi connectivity index (χ2v) is 5.96. The highest BCUT2D eigenvalue weighted by Gasteiger charge is 2.25. The Labute approximate surface area is 129 Å². The summed E-state index contributed by atoms with van der Waals surface area (Å²) in [5.74, 6) is -0.352. The van der Waals surface area contributed by atoms with Crippen molar-refractivity contribution >= 4 is 11.7 Å². The van der Waals surface area contributed by atoms with Crippen molar-refractivity contribution in [1.29, 1.82) is 0 Å². The Kier molecular flexibility index (Phi) is 5.49. The molecule has 0 aromatic heterocycles. The predicted octanol–water partition coefficient (Wildman–Crippen LogP) is 3.23. The highest BCUT2D eigenvalue weighted by atomic mass is 16.6. The van der Waals surface area contributed by atoms with E-state index in [0.717, 1.165) is 31.5 Å². The van der Waals surface area contributed by atoms with Crippen LogP contribution in [0.15, 0.2) is 24.3 Å². The molecule has 6 nitrogen and oxygen atoms in total. The molecule has 1 saturated heterocycles. The number of hydrogen-bond acceptors (Lipinski definition) is 4. The van der Waals surface area contributed by atoms with Gasteiger partial charge in [-0.2, -0.15) is 0 Å². The van der Waals surface area contributed by atoms with Gasteiger partial charge in [0.2, 0.25) is 0 Å². The second-order valence-electron chi connectivity index (χ2n) is 5.96. The van der Waals surface area contributed by atoms with Crippen molar-refractivity contribution in [2.45, 2.75) is 38.6 Å². The number of benzene rings is 1. The molecule has 0 spiro atoms. The highest BCUT2D eigenvalue weighted by Crippen LogP contribution is 2.29. The average Bonchev–Trinajstić information content (AvgIpc) is 2.52. The minimum Gasteiger partial charge on any atom is -0.481 e. The van der Waals surface area contributed by atoms with Crippen LogP contribution in [0.25, 0.3) is 0 Å². The molecule has 0 amide bonds. The van der Waals surface area contributed by atoms with E-state index < -0.39 is 5.97 Å². The van der Waals surface area contributed by atoms with Gasteiger partial charge in [-0.25, -0.2) is 0 Å². The summed E-state index contributed by atoms with van der Waals surface area (Å²) in [6.45, 7) is 3.86. The molecule has 1 aliphatic rings. The van der Waals surface area contributed by atoms with Crippen LogP contribution in [0.2, 0.25) is 0 Å². The lowest BCUT2D eigenvalue weighted by atomic mass is 9.91. The molecule has 120 valence electrons. The Balaban J connectivity index is 2.02. The van der Waals surface area contributed by atoms with E-state index in [1.54, 1.807) is 12.1 Å². The van der Waals surface area contributed by atoms with Gasteiger partial charge in [-0.1, -0.05) is 12.1 Å². The van der Waals surface area contributed by atoms with Gasteiger partial charge in [0.15, 0.2) is 0 Å². The number of nitro benzene ring substituents is 1. The van der Waals surface area contributed by atoms with Gasteiger partial charge in [0.1, 0.15) is 0 Å². The van der Waals surface area contributed by atoms with E-state index in [1.807, 2.05) is 6.07 Å². The molecule has 1 aliphatic heterocycles. The van der Waals surface area contributed by atoms with Crippen molar-refractivity contribution in [1.82, 2.24) is 4.90 Å². The summed E-state index contributed by atoms with van der Waals surface area (Å²) in [6, 6.07) is 6.87. The summed E-state index contributed by atoms with van der Waals surface area (Å²) >= 11 is 0. The largest absolute Gasteiger partial charge is 0.481 e. The molecular weight excluding hydrogens is 284 g/mol. The summed E-state index contributed by atoms with van der Waals surface area (Å²) in [5, 5.41) is 19.7. The topological polar surface area (TPSA) is 83.7 Å². The normalized spacial score (nSPS) is 20.5. The van der Waals surface area contributed by atoms with Gasteiger partial charge in [0.25, 0.3) is 5.69 Å². The first-order valence-corrected chi connectivity index (χ1v) is 7.67. The predicted molar refractivity (Wildman–Crippen MR) is 82.7 cm³/mol. The Bertz CT molecular complexity index is 547. The van der Waals surface area contributed by atoms with Gasteiger partial charge in [-0.15, -0.1) is 0 Å². The maximum atomic E-state index is 10.9. The van der Waals surface area contributed by atoms with Crippen LogP contribution >= 0.6 is 0 Å². The maximum Gasteiger partial charge on any atom is 0.303 e. The Hall–Kier alpha value is -1.95. The molecule has 1 heterocycles. The molecule has 0 saturated carbocycles. The molecule has 6 heteroatoms. The zero-order chi connectivity index (χ0) is 16.1. The Morgan fingerprint density at radius 2 is 2.32 bits per heavy atom. The van der Waals surface area contributed by atoms with E-state index in [0.29, 0.717) is 12.3 Å². The zero-order valence-electron chi connectivity index (χ0n) is 12.8. The fourth-order valence-corrected chi connectivity index (χ4v) is 3.12. The molecule has 1 fully saturated rings. The van der Waals surface area contributed by atoms with Gasteiger partial charge in [-0.3, -0.25) is 19.8 Å². The molecule has 0 bridgehead atoms. The van der Waals surface area contributed by atoms with E-state index in [1.165, 1.54) is 6.07 Å². The fraction of sp³-hybridized carbons (Fsp3) is 0.562. The van der Waals surface area contributed by atoms with E-state index in [-0.39, 0.29) is 23.1 Å². The molecule has 1 aromatic rings. The van der Waals surface area contributed by atoms with Crippen LogP contribution in [-0.2, 0) is 4.79 Å². The monoisotopic (exact) mass is 306 g/mol. The molecule has 0 aliphatic carbocycles. The maximum absolute atomic E-state index is 10.9. The molecule has 2 unspecified atom stereocenters. The molecule has 22 heavy (non-hydrogen) atoms. The number of aliphatic carboxylic acids is 1. The van der Waals surface area contributed by atoms with Crippen LogP contribution in [0.5, 0.6) is 0 Å².